The SMILES string of the molecule is CCC(N)(CC)C(=O)c1cc(Cl)ccc1Cl. The second-order valence-electron chi connectivity index (χ2n) is 3.82. The van der Waals surface area contributed by atoms with Crippen LogP contribution in [0.25, 0.3) is 0 Å². The molecule has 1 aromatic rings. The average molecular weight is 260 g/mol. The van der Waals surface area contributed by atoms with E-state index in [0.717, 1.165) is 0 Å². The van der Waals surface area contributed by atoms with Gasteiger partial charge in [0, 0.05) is 10.6 Å². The summed E-state index contributed by atoms with van der Waals surface area (Å²) in [5.41, 5.74) is 5.59. The molecule has 0 saturated heterocycles. The summed E-state index contributed by atoms with van der Waals surface area (Å²) in [4.78, 5) is 12.2. The summed E-state index contributed by atoms with van der Waals surface area (Å²) < 4.78 is 0. The Bertz CT molecular complexity index is 400. The van der Waals surface area contributed by atoms with Gasteiger partial charge in [-0.2, -0.15) is 0 Å². The summed E-state index contributed by atoms with van der Waals surface area (Å²) in [6.07, 6.45) is 1.15. The monoisotopic (exact) mass is 259 g/mol. The number of carbonyl (C=O) groups is 1. The van der Waals surface area contributed by atoms with Crippen LogP contribution in [0.4, 0.5) is 0 Å². The largest absolute Gasteiger partial charge is 0.319 e. The van der Waals surface area contributed by atoms with Crippen LogP contribution in [0, 0.1) is 0 Å². The van der Waals surface area contributed by atoms with Crippen molar-refractivity contribution in [1.82, 2.24) is 0 Å². The molecule has 88 valence electrons. The third kappa shape index (κ3) is 2.57. The molecule has 1 aromatic carbocycles. The van der Waals surface area contributed by atoms with Crippen molar-refractivity contribution in [2.24, 2.45) is 5.73 Å². The Morgan fingerprint density at radius 2 is 1.88 bits per heavy atom. The number of benzene rings is 1. The molecule has 2 N–H and O–H groups in total. The van der Waals surface area contributed by atoms with Crippen molar-refractivity contribution in [3.8, 4) is 0 Å². The van der Waals surface area contributed by atoms with Crippen LogP contribution in [-0.2, 0) is 0 Å². The van der Waals surface area contributed by atoms with Gasteiger partial charge in [-0.05, 0) is 31.0 Å². The highest BCUT2D eigenvalue weighted by atomic mass is 35.5. The molecule has 4 heteroatoms. The van der Waals surface area contributed by atoms with Crippen LogP contribution in [0.2, 0.25) is 10.0 Å². The highest BCUT2D eigenvalue weighted by molar-refractivity contribution is 6.36. The highest BCUT2D eigenvalue weighted by Crippen LogP contribution is 2.26. The van der Waals surface area contributed by atoms with Crippen molar-refractivity contribution >= 4 is 29.0 Å². The number of nitrogens with two attached hydrogens (primary N) is 1. The number of halogens is 2. The molecule has 0 spiro atoms. The molecule has 0 aliphatic rings. The second kappa shape index (κ2) is 5.17. The zero-order chi connectivity index (χ0) is 12.3. The fraction of sp³-hybridized carbons (Fsp3) is 0.417. The Kier molecular flexibility index (Phi) is 4.36. The lowest BCUT2D eigenvalue weighted by atomic mass is 9.85. The lowest BCUT2D eigenvalue weighted by molar-refractivity contribution is 0.0879. The second-order valence-corrected chi connectivity index (χ2v) is 4.66. The van der Waals surface area contributed by atoms with E-state index in [1.54, 1.807) is 18.2 Å². The van der Waals surface area contributed by atoms with Crippen molar-refractivity contribution in [2.45, 2.75) is 32.2 Å². The van der Waals surface area contributed by atoms with Gasteiger partial charge in [0.05, 0.1) is 10.6 Å². The maximum atomic E-state index is 12.2. The lowest BCUT2D eigenvalue weighted by Crippen LogP contribution is -2.46. The molecular formula is C12H15Cl2NO. The Labute approximate surface area is 106 Å². The van der Waals surface area contributed by atoms with Gasteiger partial charge in [-0.15, -0.1) is 0 Å². The van der Waals surface area contributed by atoms with Crippen molar-refractivity contribution in [2.75, 3.05) is 0 Å². The molecule has 0 atom stereocenters. The molecule has 0 radical (unpaired) electrons. The molecule has 0 unspecified atom stereocenters. The minimum atomic E-state index is -0.853. The molecule has 2 nitrogen and oxygen atoms in total. The fourth-order valence-corrected chi connectivity index (χ4v) is 1.89. The molecule has 16 heavy (non-hydrogen) atoms. The zero-order valence-corrected chi connectivity index (χ0v) is 10.9. The topological polar surface area (TPSA) is 43.1 Å². The highest BCUT2D eigenvalue weighted by Gasteiger charge is 2.32. The number of ketones is 1. The van der Waals surface area contributed by atoms with Crippen LogP contribution < -0.4 is 5.73 Å². The van der Waals surface area contributed by atoms with Crippen molar-refractivity contribution < 1.29 is 4.79 Å². The molecule has 0 saturated carbocycles. The van der Waals surface area contributed by atoms with Gasteiger partial charge >= 0.3 is 0 Å². The van der Waals surface area contributed by atoms with Crippen LogP contribution >= 0.6 is 23.2 Å². The molecular weight excluding hydrogens is 245 g/mol. The molecule has 0 bridgehead atoms. The van der Waals surface area contributed by atoms with Gasteiger partial charge in [0.2, 0.25) is 0 Å². The lowest BCUT2D eigenvalue weighted by Gasteiger charge is -2.25. The number of hydrogen-bond donors (Lipinski definition) is 1. The van der Waals surface area contributed by atoms with Crippen molar-refractivity contribution in [3.63, 3.8) is 0 Å². The molecule has 0 amide bonds. The van der Waals surface area contributed by atoms with Gasteiger partial charge in [-0.3, -0.25) is 4.79 Å². The van der Waals surface area contributed by atoms with Crippen LogP contribution in [-0.4, -0.2) is 11.3 Å². The van der Waals surface area contributed by atoms with E-state index in [9.17, 15) is 4.79 Å². The summed E-state index contributed by atoms with van der Waals surface area (Å²) in [7, 11) is 0. The van der Waals surface area contributed by atoms with E-state index < -0.39 is 5.54 Å². The van der Waals surface area contributed by atoms with Crippen LogP contribution in [0.15, 0.2) is 18.2 Å². The Hall–Kier alpha value is -0.570. The summed E-state index contributed by atoms with van der Waals surface area (Å²) in [6, 6.07) is 4.83. The van der Waals surface area contributed by atoms with Gasteiger partial charge < -0.3 is 5.73 Å². The normalized spacial score (nSPS) is 11.6. The van der Waals surface area contributed by atoms with Gasteiger partial charge in [0.15, 0.2) is 5.78 Å². The summed E-state index contributed by atoms with van der Waals surface area (Å²) in [5.74, 6) is -0.148. The number of carbonyl (C=O) groups excluding carboxylic acids is 1. The number of rotatable bonds is 4. The Morgan fingerprint density at radius 1 is 1.31 bits per heavy atom. The van der Waals surface area contributed by atoms with Crippen molar-refractivity contribution in [1.29, 1.82) is 0 Å². The molecule has 0 fully saturated rings. The maximum absolute atomic E-state index is 12.2. The van der Waals surface area contributed by atoms with Crippen LogP contribution in [0.1, 0.15) is 37.0 Å². The Balaban J connectivity index is 3.18. The number of Topliss-reactive ketones (excluding diaryl/α,β-unsaturated/α-hetero) is 1. The van der Waals surface area contributed by atoms with E-state index >= 15 is 0 Å². The minimum Gasteiger partial charge on any atom is -0.319 e. The van der Waals surface area contributed by atoms with E-state index in [1.165, 1.54) is 0 Å². The molecule has 1 rings (SSSR count). The quantitative estimate of drug-likeness (QED) is 0.839. The predicted molar refractivity (Wildman–Crippen MR) is 68.3 cm³/mol. The standard InChI is InChI=1S/C12H15Cl2NO/c1-3-12(15,4-2)11(16)9-7-8(13)5-6-10(9)14/h5-7H,3-4,15H2,1-2H3. The van der Waals surface area contributed by atoms with Gasteiger partial charge in [-0.25, -0.2) is 0 Å². The van der Waals surface area contributed by atoms with Crippen LogP contribution in [0.5, 0.6) is 0 Å². The minimum absolute atomic E-state index is 0.148. The third-order valence-corrected chi connectivity index (χ3v) is 3.45. The molecule has 0 aromatic heterocycles. The van der Waals surface area contributed by atoms with E-state index in [0.29, 0.717) is 28.5 Å². The van der Waals surface area contributed by atoms with Gasteiger partial charge in [0.1, 0.15) is 0 Å². The smallest absolute Gasteiger partial charge is 0.184 e. The summed E-state index contributed by atoms with van der Waals surface area (Å²) >= 11 is 11.8. The average Bonchev–Trinajstić information content (AvgIpc) is 2.30. The van der Waals surface area contributed by atoms with Crippen LogP contribution in [0.3, 0.4) is 0 Å². The van der Waals surface area contributed by atoms with Crippen molar-refractivity contribution in [3.05, 3.63) is 33.8 Å². The van der Waals surface area contributed by atoms with E-state index in [-0.39, 0.29) is 5.78 Å². The molecule has 0 aliphatic carbocycles. The first-order chi connectivity index (χ1) is 7.44. The van der Waals surface area contributed by atoms with E-state index in [4.69, 9.17) is 28.9 Å². The first-order valence-electron chi connectivity index (χ1n) is 5.23. The maximum Gasteiger partial charge on any atom is 0.184 e. The first-order valence-corrected chi connectivity index (χ1v) is 5.99. The zero-order valence-electron chi connectivity index (χ0n) is 9.39. The van der Waals surface area contributed by atoms with E-state index in [1.807, 2.05) is 13.8 Å². The summed E-state index contributed by atoms with van der Waals surface area (Å²) in [6.45, 7) is 3.78. The predicted octanol–water partition coefficient (Wildman–Crippen LogP) is 3.69. The fourth-order valence-electron chi connectivity index (χ4n) is 1.51. The van der Waals surface area contributed by atoms with Gasteiger partial charge in [0.25, 0.3) is 0 Å². The Morgan fingerprint density at radius 3 is 2.38 bits per heavy atom. The van der Waals surface area contributed by atoms with Gasteiger partial charge in [-0.1, -0.05) is 37.0 Å². The first kappa shape index (κ1) is 13.5. The summed E-state index contributed by atoms with van der Waals surface area (Å²) in [5, 5.41) is 0.883. The molecule has 0 heterocycles. The van der Waals surface area contributed by atoms with E-state index in [2.05, 4.69) is 0 Å². The third-order valence-electron chi connectivity index (χ3n) is 2.89. The molecule has 0 aliphatic heterocycles. The number of hydrogen-bond acceptors (Lipinski definition) is 2.